The van der Waals surface area contributed by atoms with Gasteiger partial charge in [0.25, 0.3) is 0 Å². The molecule has 0 saturated heterocycles. The lowest BCUT2D eigenvalue weighted by Crippen LogP contribution is -2.44. The smallest absolute Gasteiger partial charge is 0.192 e. The molecule has 0 radical (unpaired) electrons. The van der Waals surface area contributed by atoms with Gasteiger partial charge in [0.2, 0.25) is 0 Å². The SMILES string of the molecule is CCCC[C@H](N)CO[Si](C)(C)C(C)(C)C. The van der Waals surface area contributed by atoms with Crippen molar-refractivity contribution >= 4 is 8.32 Å². The van der Waals surface area contributed by atoms with Gasteiger partial charge in [-0.3, -0.25) is 0 Å². The van der Waals surface area contributed by atoms with Crippen LogP contribution in [0, 0.1) is 0 Å². The Morgan fingerprint density at radius 1 is 1.27 bits per heavy atom. The van der Waals surface area contributed by atoms with Crippen molar-refractivity contribution in [2.24, 2.45) is 5.73 Å². The van der Waals surface area contributed by atoms with Crippen LogP contribution >= 0.6 is 0 Å². The number of hydrogen-bond donors (Lipinski definition) is 1. The zero-order valence-corrected chi connectivity index (χ0v) is 12.4. The third-order valence-electron chi connectivity index (χ3n) is 3.39. The molecule has 0 aliphatic rings. The highest BCUT2D eigenvalue weighted by Gasteiger charge is 2.37. The highest BCUT2D eigenvalue weighted by atomic mass is 28.4. The van der Waals surface area contributed by atoms with Crippen molar-refractivity contribution in [1.29, 1.82) is 0 Å². The van der Waals surface area contributed by atoms with Crippen LogP contribution in [0.2, 0.25) is 18.1 Å². The minimum absolute atomic E-state index is 0.221. The van der Waals surface area contributed by atoms with Gasteiger partial charge < -0.3 is 10.2 Å². The molecule has 0 aliphatic heterocycles. The van der Waals surface area contributed by atoms with Gasteiger partial charge in [-0.15, -0.1) is 0 Å². The minimum Gasteiger partial charge on any atom is -0.415 e. The zero-order chi connectivity index (χ0) is 12.1. The molecule has 0 amide bonds. The quantitative estimate of drug-likeness (QED) is 0.710. The first-order chi connectivity index (χ1) is 6.70. The van der Waals surface area contributed by atoms with Crippen LogP contribution in [-0.2, 0) is 4.43 Å². The van der Waals surface area contributed by atoms with E-state index in [9.17, 15) is 0 Å². The van der Waals surface area contributed by atoms with Crippen LogP contribution in [0.4, 0.5) is 0 Å². The molecule has 1 atom stereocenters. The standard InChI is InChI=1S/C12H29NOSi/c1-7-8-9-11(13)10-14-15(5,6)12(2,3)4/h11H,7-10,13H2,1-6H3/t11-/m0/s1. The van der Waals surface area contributed by atoms with Gasteiger partial charge in [-0.2, -0.15) is 0 Å². The van der Waals surface area contributed by atoms with Gasteiger partial charge in [-0.25, -0.2) is 0 Å². The maximum absolute atomic E-state index is 6.07. The predicted molar refractivity (Wildman–Crippen MR) is 70.6 cm³/mol. The molecule has 0 rings (SSSR count). The van der Waals surface area contributed by atoms with E-state index in [4.69, 9.17) is 10.2 Å². The summed E-state index contributed by atoms with van der Waals surface area (Å²) >= 11 is 0. The maximum atomic E-state index is 6.07. The number of nitrogens with two attached hydrogens (primary N) is 1. The van der Waals surface area contributed by atoms with Crippen molar-refractivity contribution < 1.29 is 4.43 Å². The number of rotatable bonds is 6. The van der Waals surface area contributed by atoms with E-state index in [0.717, 1.165) is 13.0 Å². The number of unbranched alkanes of at least 4 members (excludes halogenated alkanes) is 1. The summed E-state index contributed by atoms with van der Waals surface area (Å²) in [5.41, 5.74) is 6.01. The Labute approximate surface area is 96.7 Å². The van der Waals surface area contributed by atoms with E-state index in [2.05, 4.69) is 40.8 Å². The normalized spacial score (nSPS) is 15.4. The Morgan fingerprint density at radius 2 is 1.80 bits per heavy atom. The molecule has 0 bridgehead atoms. The fourth-order valence-corrected chi connectivity index (χ4v) is 2.15. The van der Waals surface area contributed by atoms with Crippen LogP contribution in [0.1, 0.15) is 47.0 Å². The van der Waals surface area contributed by atoms with Crippen LogP contribution in [0.25, 0.3) is 0 Å². The summed E-state index contributed by atoms with van der Waals surface area (Å²) < 4.78 is 6.07. The Balaban J connectivity index is 3.93. The third kappa shape index (κ3) is 5.69. The molecule has 92 valence electrons. The summed E-state index contributed by atoms with van der Waals surface area (Å²) in [6.07, 6.45) is 3.51. The first-order valence-electron chi connectivity index (χ1n) is 6.10. The average molecular weight is 231 g/mol. The lowest BCUT2D eigenvalue weighted by Gasteiger charge is -2.36. The van der Waals surface area contributed by atoms with E-state index in [1.165, 1.54) is 12.8 Å². The lowest BCUT2D eigenvalue weighted by atomic mass is 10.1. The predicted octanol–water partition coefficient (Wildman–Crippen LogP) is 3.53. The summed E-state index contributed by atoms with van der Waals surface area (Å²) in [5, 5.41) is 0.289. The van der Waals surface area contributed by atoms with E-state index in [1.807, 2.05) is 0 Å². The molecule has 0 saturated carbocycles. The molecule has 2 nitrogen and oxygen atoms in total. The van der Waals surface area contributed by atoms with Crippen LogP contribution in [0.3, 0.4) is 0 Å². The third-order valence-corrected chi connectivity index (χ3v) is 7.89. The van der Waals surface area contributed by atoms with E-state index in [-0.39, 0.29) is 11.1 Å². The van der Waals surface area contributed by atoms with E-state index >= 15 is 0 Å². The van der Waals surface area contributed by atoms with Gasteiger partial charge in [-0.1, -0.05) is 40.5 Å². The van der Waals surface area contributed by atoms with Gasteiger partial charge in [0.05, 0.1) is 0 Å². The summed E-state index contributed by atoms with van der Waals surface area (Å²) in [6.45, 7) is 14.3. The first kappa shape index (κ1) is 15.1. The average Bonchev–Trinajstić information content (AvgIpc) is 2.09. The summed E-state index contributed by atoms with van der Waals surface area (Å²) in [6, 6.07) is 0.221. The second-order valence-electron chi connectivity index (χ2n) is 5.97. The highest BCUT2D eigenvalue weighted by Crippen LogP contribution is 2.36. The largest absolute Gasteiger partial charge is 0.415 e. The van der Waals surface area contributed by atoms with Crippen molar-refractivity contribution in [3.63, 3.8) is 0 Å². The van der Waals surface area contributed by atoms with E-state index < -0.39 is 8.32 Å². The second-order valence-corrected chi connectivity index (χ2v) is 10.8. The summed E-state index contributed by atoms with van der Waals surface area (Å²) in [7, 11) is -1.59. The number of hydrogen-bond acceptors (Lipinski definition) is 2. The molecule has 0 spiro atoms. The molecule has 0 fully saturated rings. The van der Waals surface area contributed by atoms with Gasteiger partial charge >= 0.3 is 0 Å². The molecule has 0 heterocycles. The van der Waals surface area contributed by atoms with Gasteiger partial charge in [0.15, 0.2) is 8.32 Å². The molecule has 0 aromatic rings. The van der Waals surface area contributed by atoms with Crippen molar-refractivity contribution in [3.8, 4) is 0 Å². The van der Waals surface area contributed by atoms with Gasteiger partial charge in [0.1, 0.15) is 0 Å². The van der Waals surface area contributed by atoms with Crippen LogP contribution in [0.15, 0.2) is 0 Å². The molecular weight excluding hydrogens is 202 g/mol. The molecule has 0 aliphatic carbocycles. The van der Waals surface area contributed by atoms with Crippen molar-refractivity contribution in [3.05, 3.63) is 0 Å². The molecule has 0 aromatic heterocycles. The van der Waals surface area contributed by atoms with Crippen molar-refractivity contribution in [2.45, 2.75) is 71.1 Å². The lowest BCUT2D eigenvalue weighted by molar-refractivity contribution is 0.256. The molecule has 0 aromatic carbocycles. The van der Waals surface area contributed by atoms with Crippen LogP contribution < -0.4 is 5.73 Å². The molecule has 0 unspecified atom stereocenters. The second kappa shape index (κ2) is 6.02. The maximum Gasteiger partial charge on any atom is 0.192 e. The fraction of sp³-hybridized carbons (Fsp3) is 1.00. The Morgan fingerprint density at radius 3 is 2.20 bits per heavy atom. The monoisotopic (exact) mass is 231 g/mol. The van der Waals surface area contributed by atoms with Crippen LogP contribution in [0.5, 0.6) is 0 Å². The fourth-order valence-electron chi connectivity index (χ4n) is 1.08. The van der Waals surface area contributed by atoms with Crippen molar-refractivity contribution in [1.82, 2.24) is 0 Å². The molecule has 15 heavy (non-hydrogen) atoms. The van der Waals surface area contributed by atoms with Gasteiger partial charge in [0, 0.05) is 12.6 Å². The van der Waals surface area contributed by atoms with Crippen molar-refractivity contribution in [2.75, 3.05) is 6.61 Å². The molecule has 3 heteroatoms. The minimum atomic E-state index is -1.59. The Bertz CT molecular complexity index is 175. The summed E-state index contributed by atoms with van der Waals surface area (Å²) in [5.74, 6) is 0. The summed E-state index contributed by atoms with van der Waals surface area (Å²) in [4.78, 5) is 0. The highest BCUT2D eigenvalue weighted by molar-refractivity contribution is 6.74. The zero-order valence-electron chi connectivity index (χ0n) is 11.4. The Hall–Kier alpha value is 0.137. The Kier molecular flexibility index (Phi) is 6.07. The van der Waals surface area contributed by atoms with E-state index in [1.54, 1.807) is 0 Å². The van der Waals surface area contributed by atoms with Gasteiger partial charge in [-0.05, 0) is 24.6 Å². The topological polar surface area (TPSA) is 35.2 Å². The molecular formula is C12H29NOSi. The van der Waals surface area contributed by atoms with Crippen LogP contribution in [-0.4, -0.2) is 21.0 Å². The molecule has 2 N–H and O–H groups in total. The van der Waals surface area contributed by atoms with E-state index in [0.29, 0.717) is 0 Å². The first-order valence-corrected chi connectivity index (χ1v) is 9.01.